The van der Waals surface area contributed by atoms with E-state index in [1.165, 1.54) is 167 Å². The molecule has 0 aromatic heterocycles. The number of hydrogen-bond donors (Lipinski definition) is 0. The Morgan fingerprint density at radius 2 is 0.470 bits per heavy atom. The molecule has 0 saturated carbocycles. The number of hydrogen-bond acceptors (Lipinski definition) is 6. The fraction of sp³-hybridized carbons (Fsp3) is 0.701. The van der Waals surface area contributed by atoms with Gasteiger partial charge in [-0.1, -0.05) is 322 Å². The number of rotatable bonds is 63. The predicted octanol–water partition coefficient (Wildman–Crippen LogP) is 24.3. The molecule has 6 heteroatoms. The Balaban J connectivity index is 4.20. The molecular formula is C77H130O6. The summed E-state index contributed by atoms with van der Waals surface area (Å²) in [6.07, 6.45) is 98.1. The zero-order valence-corrected chi connectivity index (χ0v) is 54.4. The maximum absolute atomic E-state index is 12.9. The normalized spacial score (nSPS) is 12.9. The van der Waals surface area contributed by atoms with Crippen molar-refractivity contribution in [3.63, 3.8) is 0 Å². The van der Waals surface area contributed by atoms with Crippen molar-refractivity contribution in [2.45, 2.75) is 335 Å². The lowest BCUT2D eigenvalue weighted by atomic mass is 10.0. The molecule has 0 aliphatic rings. The van der Waals surface area contributed by atoms with Gasteiger partial charge in [-0.3, -0.25) is 14.4 Å². The minimum absolute atomic E-state index is 0.0930. The van der Waals surface area contributed by atoms with Crippen LogP contribution < -0.4 is 0 Å². The molecule has 0 saturated heterocycles. The minimum atomic E-state index is -0.801. The van der Waals surface area contributed by atoms with Crippen LogP contribution in [0.2, 0.25) is 0 Å². The third kappa shape index (κ3) is 68.5. The van der Waals surface area contributed by atoms with Gasteiger partial charge in [-0.15, -0.1) is 0 Å². The quantitative estimate of drug-likeness (QED) is 0.0261. The number of ether oxygens (including phenoxy) is 3. The standard InChI is InChI=1S/C77H130O6/c1-4-7-10-13-16-19-22-24-26-28-30-32-33-34-35-36-37-38-39-40-41-42-43-45-46-48-50-52-55-58-61-64-67-70-76(79)82-73-74(72-81-75(78)69-66-63-60-57-54-21-18-15-12-9-6-3)83-77(80)71-68-65-62-59-56-53-51-49-47-44-31-29-27-25-23-20-17-14-11-8-5-2/h7-8,10-11,16-17,19-20,24-27,30-32,44,49,51,56,59,74H,4-6,9,12-15,18,21-23,28-29,33-43,45-48,50,52-55,57-58,60-73H2,1-3H3/b10-7-,11-8-,19-16-,20-17-,26-24-,27-25-,32-30-,44-31-,51-49-,59-56-. The number of carbonyl (C=O) groups is 3. The van der Waals surface area contributed by atoms with Gasteiger partial charge in [0.15, 0.2) is 6.10 Å². The number of carbonyl (C=O) groups excluding carboxylic acids is 3. The van der Waals surface area contributed by atoms with Crippen molar-refractivity contribution < 1.29 is 28.6 Å². The van der Waals surface area contributed by atoms with Gasteiger partial charge in [0.2, 0.25) is 0 Å². The zero-order chi connectivity index (χ0) is 59.9. The smallest absolute Gasteiger partial charge is 0.306 e. The van der Waals surface area contributed by atoms with Gasteiger partial charge in [0.1, 0.15) is 13.2 Å². The van der Waals surface area contributed by atoms with Gasteiger partial charge in [0.25, 0.3) is 0 Å². The summed E-state index contributed by atoms with van der Waals surface area (Å²) in [5.74, 6) is -0.925. The van der Waals surface area contributed by atoms with E-state index in [0.29, 0.717) is 19.3 Å². The van der Waals surface area contributed by atoms with Crippen LogP contribution in [0.3, 0.4) is 0 Å². The molecule has 0 radical (unpaired) electrons. The van der Waals surface area contributed by atoms with Crippen molar-refractivity contribution in [1.29, 1.82) is 0 Å². The summed E-state index contributed by atoms with van der Waals surface area (Å²) in [5, 5.41) is 0. The Hall–Kier alpha value is -4.19. The molecular weight excluding hydrogens is 1020 g/mol. The molecule has 0 amide bonds. The van der Waals surface area contributed by atoms with Crippen LogP contribution in [0.25, 0.3) is 0 Å². The Bertz CT molecular complexity index is 1700. The van der Waals surface area contributed by atoms with Crippen molar-refractivity contribution in [3.8, 4) is 0 Å². The lowest BCUT2D eigenvalue weighted by Gasteiger charge is -2.18. The summed E-state index contributed by atoms with van der Waals surface area (Å²) in [7, 11) is 0. The van der Waals surface area contributed by atoms with Crippen LogP contribution in [0.1, 0.15) is 329 Å². The van der Waals surface area contributed by atoms with Gasteiger partial charge >= 0.3 is 17.9 Å². The maximum atomic E-state index is 12.9. The maximum Gasteiger partial charge on any atom is 0.306 e. The zero-order valence-electron chi connectivity index (χ0n) is 54.4. The highest BCUT2D eigenvalue weighted by atomic mass is 16.6. The van der Waals surface area contributed by atoms with Gasteiger partial charge < -0.3 is 14.2 Å². The van der Waals surface area contributed by atoms with Crippen LogP contribution >= 0.6 is 0 Å². The minimum Gasteiger partial charge on any atom is -0.462 e. The van der Waals surface area contributed by atoms with Gasteiger partial charge in [0, 0.05) is 19.3 Å². The Kier molecular flexibility index (Phi) is 66.7. The topological polar surface area (TPSA) is 78.9 Å². The molecule has 0 aromatic carbocycles. The van der Waals surface area contributed by atoms with Crippen LogP contribution in [-0.2, 0) is 28.6 Å². The molecule has 0 aliphatic heterocycles. The fourth-order valence-corrected chi connectivity index (χ4v) is 9.79. The molecule has 0 N–H and O–H groups in total. The van der Waals surface area contributed by atoms with Crippen LogP contribution in [-0.4, -0.2) is 37.2 Å². The first kappa shape index (κ1) is 78.8. The molecule has 0 aliphatic carbocycles. The number of allylic oxidation sites excluding steroid dienone is 20. The third-order valence-corrected chi connectivity index (χ3v) is 15.0. The van der Waals surface area contributed by atoms with E-state index >= 15 is 0 Å². The van der Waals surface area contributed by atoms with Crippen LogP contribution in [0, 0.1) is 0 Å². The van der Waals surface area contributed by atoms with Crippen LogP contribution in [0.5, 0.6) is 0 Å². The Labute approximate surface area is 513 Å². The van der Waals surface area contributed by atoms with E-state index in [-0.39, 0.29) is 37.5 Å². The van der Waals surface area contributed by atoms with E-state index in [4.69, 9.17) is 14.2 Å². The molecule has 0 spiro atoms. The first-order chi connectivity index (χ1) is 41.0. The summed E-state index contributed by atoms with van der Waals surface area (Å²) in [6, 6.07) is 0. The van der Waals surface area contributed by atoms with Gasteiger partial charge in [-0.2, -0.15) is 0 Å². The third-order valence-electron chi connectivity index (χ3n) is 15.0. The summed E-state index contributed by atoms with van der Waals surface area (Å²) < 4.78 is 16.9. The summed E-state index contributed by atoms with van der Waals surface area (Å²) >= 11 is 0. The first-order valence-corrected chi connectivity index (χ1v) is 35.0. The molecule has 0 bridgehead atoms. The Morgan fingerprint density at radius 3 is 0.759 bits per heavy atom. The average molecular weight is 1150 g/mol. The molecule has 0 heterocycles. The second kappa shape index (κ2) is 70.3. The highest BCUT2D eigenvalue weighted by molar-refractivity contribution is 5.71. The van der Waals surface area contributed by atoms with Crippen molar-refractivity contribution in [3.05, 3.63) is 122 Å². The predicted molar refractivity (Wildman–Crippen MR) is 362 cm³/mol. The molecule has 6 nitrogen and oxygen atoms in total. The monoisotopic (exact) mass is 1150 g/mol. The van der Waals surface area contributed by atoms with E-state index in [1.807, 2.05) is 0 Å². The lowest BCUT2D eigenvalue weighted by molar-refractivity contribution is -0.167. The molecule has 0 aromatic rings. The second-order valence-corrected chi connectivity index (χ2v) is 23.0. The molecule has 83 heavy (non-hydrogen) atoms. The van der Waals surface area contributed by atoms with Crippen LogP contribution in [0.15, 0.2) is 122 Å². The van der Waals surface area contributed by atoms with Crippen molar-refractivity contribution in [2.75, 3.05) is 13.2 Å². The van der Waals surface area contributed by atoms with E-state index in [1.54, 1.807) is 0 Å². The number of esters is 3. The molecule has 1 unspecified atom stereocenters. The van der Waals surface area contributed by atoms with Crippen molar-refractivity contribution in [1.82, 2.24) is 0 Å². The largest absolute Gasteiger partial charge is 0.462 e. The van der Waals surface area contributed by atoms with Gasteiger partial charge in [-0.25, -0.2) is 0 Å². The lowest BCUT2D eigenvalue weighted by Crippen LogP contribution is -2.30. The highest BCUT2D eigenvalue weighted by Crippen LogP contribution is 2.17. The summed E-state index contributed by atoms with van der Waals surface area (Å²) in [6.45, 7) is 6.40. The van der Waals surface area contributed by atoms with Crippen molar-refractivity contribution >= 4 is 17.9 Å². The average Bonchev–Trinajstić information content (AvgIpc) is 3.48. The molecule has 474 valence electrons. The fourth-order valence-electron chi connectivity index (χ4n) is 9.79. The molecule has 0 fully saturated rings. The van der Waals surface area contributed by atoms with Crippen molar-refractivity contribution in [2.24, 2.45) is 0 Å². The van der Waals surface area contributed by atoms with Gasteiger partial charge in [-0.05, 0) is 109 Å². The molecule has 1 atom stereocenters. The summed E-state index contributed by atoms with van der Waals surface area (Å²) in [5.41, 5.74) is 0. The SMILES string of the molecule is CC/C=C\C/C=C\C/C=C\C/C=C\C/C=C\C/C=C\CCCCC(=O)OC(COC(=O)CCCCCCCCCCCCC)COC(=O)CCCCCCCCCCCCCCCCCCCCCC/C=C\C/C=C\C/C=C\C/C=C\CC. The van der Waals surface area contributed by atoms with E-state index < -0.39 is 6.10 Å². The number of unbranched alkanes of at least 4 members (excludes halogenated alkanes) is 32. The van der Waals surface area contributed by atoms with E-state index in [2.05, 4.69) is 142 Å². The van der Waals surface area contributed by atoms with Gasteiger partial charge in [0.05, 0.1) is 0 Å². The van der Waals surface area contributed by atoms with E-state index in [0.717, 1.165) is 116 Å². The summed E-state index contributed by atoms with van der Waals surface area (Å²) in [4.78, 5) is 38.3. The second-order valence-electron chi connectivity index (χ2n) is 23.0. The first-order valence-electron chi connectivity index (χ1n) is 35.0. The van der Waals surface area contributed by atoms with E-state index in [9.17, 15) is 14.4 Å². The Morgan fingerprint density at radius 1 is 0.253 bits per heavy atom. The van der Waals surface area contributed by atoms with Crippen LogP contribution in [0.4, 0.5) is 0 Å². The highest BCUT2D eigenvalue weighted by Gasteiger charge is 2.19. The molecule has 0 rings (SSSR count).